The zero-order valence-electron chi connectivity index (χ0n) is 8.66. The molecule has 0 bridgehead atoms. The van der Waals surface area contributed by atoms with E-state index in [1.54, 1.807) is 28.7 Å². The van der Waals surface area contributed by atoms with Gasteiger partial charge in [0.25, 0.3) is 0 Å². The maximum absolute atomic E-state index is 12.1. The highest BCUT2D eigenvalue weighted by molar-refractivity contribution is 14.1. The van der Waals surface area contributed by atoms with E-state index in [4.69, 9.17) is 5.11 Å². The van der Waals surface area contributed by atoms with E-state index >= 15 is 0 Å². The van der Waals surface area contributed by atoms with Gasteiger partial charge >= 0.3 is 18.1 Å². The summed E-state index contributed by atoms with van der Waals surface area (Å²) in [6.07, 6.45) is -5.12. The monoisotopic (exact) mass is 373 g/mol. The lowest BCUT2D eigenvalue weighted by Gasteiger charge is -2.17. The molecule has 0 aliphatic rings. The van der Waals surface area contributed by atoms with Gasteiger partial charge in [0.05, 0.1) is 0 Å². The summed E-state index contributed by atoms with van der Waals surface area (Å²) in [7, 11) is 0. The summed E-state index contributed by atoms with van der Waals surface area (Å²) in [5.41, 5.74) is 0.100. The number of alkyl halides is 3. The standard InChI is InChI=1S/C10H7F3INO3/c11-10(12,13)9(18)15-7(8(16)17)5-3-1-2-4-6(5)14/h1-4,7H,(H,15,18)(H,16,17). The topological polar surface area (TPSA) is 66.4 Å². The first-order valence-corrected chi connectivity index (χ1v) is 5.66. The normalized spacial score (nSPS) is 12.9. The van der Waals surface area contributed by atoms with Gasteiger partial charge in [-0.3, -0.25) is 4.79 Å². The number of carboxylic acids is 1. The molecule has 18 heavy (non-hydrogen) atoms. The number of carbonyl (C=O) groups excluding carboxylic acids is 1. The van der Waals surface area contributed by atoms with E-state index < -0.39 is 24.1 Å². The number of amides is 1. The van der Waals surface area contributed by atoms with E-state index in [0.717, 1.165) is 0 Å². The van der Waals surface area contributed by atoms with Gasteiger partial charge in [-0.1, -0.05) is 18.2 Å². The Morgan fingerprint density at radius 3 is 2.28 bits per heavy atom. The fraction of sp³-hybridized carbons (Fsp3) is 0.200. The second kappa shape index (κ2) is 5.55. The summed E-state index contributed by atoms with van der Waals surface area (Å²) in [5.74, 6) is -3.84. The molecule has 0 aromatic heterocycles. The molecule has 98 valence electrons. The van der Waals surface area contributed by atoms with Crippen LogP contribution < -0.4 is 5.32 Å². The number of hydrogen-bond acceptors (Lipinski definition) is 2. The predicted octanol–water partition coefficient (Wildman–Crippen LogP) is 2.10. The minimum Gasteiger partial charge on any atom is -0.479 e. The van der Waals surface area contributed by atoms with Crippen molar-refractivity contribution in [2.45, 2.75) is 12.2 Å². The van der Waals surface area contributed by atoms with Crippen LogP contribution in [-0.2, 0) is 9.59 Å². The number of rotatable bonds is 3. The molecule has 0 saturated carbocycles. The van der Waals surface area contributed by atoms with E-state index in [1.165, 1.54) is 23.5 Å². The molecule has 4 nitrogen and oxygen atoms in total. The first kappa shape index (κ1) is 14.7. The number of benzene rings is 1. The van der Waals surface area contributed by atoms with Crippen LogP contribution in [0.25, 0.3) is 0 Å². The van der Waals surface area contributed by atoms with Gasteiger partial charge in [-0.2, -0.15) is 13.2 Å². The van der Waals surface area contributed by atoms with E-state index in [2.05, 4.69) is 0 Å². The molecule has 2 N–H and O–H groups in total. The third-order valence-electron chi connectivity index (χ3n) is 2.00. The Hall–Kier alpha value is -1.32. The van der Waals surface area contributed by atoms with Crippen LogP contribution in [0.15, 0.2) is 24.3 Å². The number of aliphatic carboxylic acids is 1. The highest BCUT2D eigenvalue weighted by Gasteiger charge is 2.41. The number of carbonyl (C=O) groups is 2. The largest absolute Gasteiger partial charge is 0.479 e. The van der Waals surface area contributed by atoms with Crippen molar-refractivity contribution < 1.29 is 27.9 Å². The Labute approximate surface area is 113 Å². The van der Waals surface area contributed by atoms with E-state index in [1.807, 2.05) is 0 Å². The van der Waals surface area contributed by atoms with E-state index in [-0.39, 0.29) is 5.56 Å². The van der Waals surface area contributed by atoms with Crippen molar-refractivity contribution in [3.05, 3.63) is 33.4 Å². The molecule has 0 radical (unpaired) electrons. The number of carboxylic acid groups (broad SMARTS) is 1. The Balaban J connectivity index is 3.03. The zero-order chi connectivity index (χ0) is 13.9. The van der Waals surface area contributed by atoms with Crippen LogP contribution in [-0.4, -0.2) is 23.2 Å². The maximum atomic E-state index is 12.1. The highest BCUT2D eigenvalue weighted by atomic mass is 127. The molecule has 0 spiro atoms. The van der Waals surface area contributed by atoms with Crippen LogP contribution >= 0.6 is 22.6 Å². The molecule has 0 heterocycles. The van der Waals surface area contributed by atoms with Crippen molar-refractivity contribution in [1.82, 2.24) is 5.32 Å². The molecule has 1 atom stereocenters. The summed E-state index contributed by atoms with van der Waals surface area (Å²) in [6, 6.07) is 4.23. The van der Waals surface area contributed by atoms with Crippen molar-refractivity contribution in [2.24, 2.45) is 0 Å². The van der Waals surface area contributed by atoms with Crippen LogP contribution in [0.3, 0.4) is 0 Å². The van der Waals surface area contributed by atoms with Gasteiger partial charge in [-0.15, -0.1) is 0 Å². The quantitative estimate of drug-likeness (QED) is 0.798. The summed E-state index contributed by atoms with van der Waals surface area (Å²) >= 11 is 1.78. The van der Waals surface area contributed by atoms with Crippen LogP contribution in [0.2, 0.25) is 0 Å². The number of hydrogen-bond donors (Lipinski definition) is 2. The highest BCUT2D eigenvalue weighted by Crippen LogP contribution is 2.22. The summed E-state index contributed by atoms with van der Waals surface area (Å²) in [6.45, 7) is 0. The van der Waals surface area contributed by atoms with Crippen molar-refractivity contribution in [3.63, 3.8) is 0 Å². The van der Waals surface area contributed by atoms with Gasteiger partial charge in [0.1, 0.15) is 0 Å². The Kier molecular flexibility index (Phi) is 4.54. The minimum atomic E-state index is -5.12. The van der Waals surface area contributed by atoms with Crippen LogP contribution in [0.4, 0.5) is 13.2 Å². The summed E-state index contributed by atoms with van der Waals surface area (Å²) in [5, 5.41) is 10.3. The summed E-state index contributed by atoms with van der Waals surface area (Å²) < 4.78 is 36.7. The molecule has 0 aliphatic heterocycles. The molecule has 1 unspecified atom stereocenters. The lowest BCUT2D eigenvalue weighted by Crippen LogP contribution is -2.42. The molecule has 8 heteroatoms. The van der Waals surface area contributed by atoms with Gasteiger partial charge < -0.3 is 10.4 Å². The smallest absolute Gasteiger partial charge is 0.471 e. The minimum absolute atomic E-state index is 0.100. The second-order valence-electron chi connectivity index (χ2n) is 3.26. The Morgan fingerprint density at radius 2 is 1.83 bits per heavy atom. The molecular weight excluding hydrogens is 366 g/mol. The first-order valence-electron chi connectivity index (χ1n) is 4.58. The van der Waals surface area contributed by atoms with Gasteiger partial charge in [-0.05, 0) is 34.2 Å². The molecule has 0 saturated heterocycles. The van der Waals surface area contributed by atoms with Crippen LogP contribution in [0.1, 0.15) is 11.6 Å². The van der Waals surface area contributed by atoms with Crippen molar-refractivity contribution in [3.8, 4) is 0 Å². The van der Waals surface area contributed by atoms with Crippen molar-refractivity contribution >= 4 is 34.5 Å². The van der Waals surface area contributed by atoms with Gasteiger partial charge in [0.2, 0.25) is 0 Å². The molecular formula is C10H7F3INO3. The van der Waals surface area contributed by atoms with Crippen LogP contribution in [0, 0.1) is 3.57 Å². The fourth-order valence-corrected chi connectivity index (χ4v) is 1.89. The zero-order valence-corrected chi connectivity index (χ0v) is 10.8. The lowest BCUT2D eigenvalue weighted by molar-refractivity contribution is -0.175. The lowest BCUT2D eigenvalue weighted by atomic mass is 10.1. The third-order valence-corrected chi connectivity index (χ3v) is 2.98. The third kappa shape index (κ3) is 3.59. The molecule has 1 aromatic carbocycles. The predicted molar refractivity (Wildman–Crippen MR) is 63.7 cm³/mol. The van der Waals surface area contributed by atoms with Crippen molar-refractivity contribution in [2.75, 3.05) is 0 Å². The number of halogens is 4. The Morgan fingerprint density at radius 1 is 1.28 bits per heavy atom. The summed E-state index contributed by atoms with van der Waals surface area (Å²) in [4.78, 5) is 21.7. The molecule has 1 aromatic rings. The second-order valence-corrected chi connectivity index (χ2v) is 4.43. The van der Waals surface area contributed by atoms with Gasteiger partial charge in [0, 0.05) is 3.57 Å². The van der Waals surface area contributed by atoms with Crippen LogP contribution in [0.5, 0.6) is 0 Å². The average Bonchev–Trinajstić information content (AvgIpc) is 2.25. The van der Waals surface area contributed by atoms with Gasteiger partial charge in [0.15, 0.2) is 6.04 Å². The van der Waals surface area contributed by atoms with Crippen molar-refractivity contribution in [1.29, 1.82) is 0 Å². The average molecular weight is 373 g/mol. The first-order chi connectivity index (χ1) is 8.23. The van der Waals surface area contributed by atoms with E-state index in [0.29, 0.717) is 3.57 Å². The fourth-order valence-electron chi connectivity index (χ4n) is 1.19. The SMILES string of the molecule is O=C(O)C(NC(=O)C(F)(F)F)c1ccccc1I. The number of nitrogens with one attached hydrogen (secondary N) is 1. The van der Waals surface area contributed by atoms with E-state index in [9.17, 15) is 22.8 Å². The Bertz CT molecular complexity index is 476. The molecule has 0 aliphatic carbocycles. The maximum Gasteiger partial charge on any atom is 0.471 e. The molecule has 0 fully saturated rings. The molecule has 1 amide bonds. The van der Waals surface area contributed by atoms with Gasteiger partial charge in [-0.25, -0.2) is 4.79 Å². The molecule has 1 rings (SSSR count).